The van der Waals surface area contributed by atoms with E-state index in [9.17, 15) is 14.4 Å². The van der Waals surface area contributed by atoms with Crippen LogP contribution in [0.5, 0.6) is 0 Å². The minimum Gasteiger partial charge on any atom is -0.333 e. The van der Waals surface area contributed by atoms with E-state index in [1.807, 2.05) is 103 Å². The summed E-state index contributed by atoms with van der Waals surface area (Å²) in [5, 5.41) is 8.25. The molecule has 0 bridgehead atoms. The van der Waals surface area contributed by atoms with E-state index in [2.05, 4.69) is 11.2 Å². The summed E-state index contributed by atoms with van der Waals surface area (Å²) in [5.74, 6) is 2.15. The van der Waals surface area contributed by atoms with Gasteiger partial charge in [0.05, 0.1) is 19.6 Å². The van der Waals surface area contributed by atoms with E-state index in [1.165, 1.54) is 5.01 Å². The molecule has 0 unspecified atom stereocenters. The summed E-state index contributed by atoms with van der Waals surface area (Å²) < 4.78 is 0. The molecule has 4 aromatic carbocycles. The van der Waals surface area contributed by atoms with Crippen molar-refractivity contribution in [3.63, 3.8) is 0 Å². The number of hydrogen-bond acceptors (Lipinski definition) is 4. The van der Waals surface area contributed by atoms with Gasteiger partial charge in [-0.2, -0.15) is 5.01 Å². The Morgan fingerprint density at radius 1 is 0.881 bits per heavy atom. The van der Waals surface area contributed by atoms with E-state index >= 15 is 0 Å². The van der Waals surface area contributed by atoms with E-state index in [-0.39, 0.29) is 37.5 Å². The summed E-state index contributed by atoms with van der Waals surface area (Å²) in [5.41, 5.74) is 2.63. The Kier molecular flexibility index (Phi) is 7.58. The highest BCUT2D eigenvalue weighted by Crippen LogP contribution is 2.36. The second-order valence-electron chi connectivity index (χ2n) is 10.5. The van der Waals surface area contributed by atoms with Crippen LogP contribution < -0.4 is 5.32 Å². The minimum atomic E-state index is -0.884. The lowest BCUT2D eigenvalue weighted by Gasteiger charge is -2.55. The van der Waals surface area contributed by atoms with Crippen LogP contribution in [0.15, 0.2) is 103 Å². The van der Waals surface area contributed by atoms with E-state index in [4.69, 9.17) is 6.42 Å². The smallest absolute Gasteiger partial charge is 0.333 e. The average molecular weight is 558 g/mol. The minimum absolute atomic E-state index is 0.0715. The van der Waals surface area contributed by atoms with Crippen LogP contribution >= 0.6 is 0 Å². The van der Waals surface area contributed by atoms with E-state index in [0.717, 1.165) is 21.9 Å². The molecule has 2 heterocycles. The lowest BCUT2D eigenvalue weighted by Crippen LogP contribution is -2.74. The number of carbonyl (C=O) groups excluding carboxylic acids is 3. The molecule has 0 radical (unpaired) electrons. The van der Waals surface area contributed by atoms with Gasteiger partial charge in [-0.25, -0.2) is 9.80 Å². The summed E-state index contributed by atoms with van der Waals surface area (Å²) in [6, 6.07) is 31.7. The van der Waals surface area contributed by atoms with Crippen LogP contribution in [0.4, 0.5) is 4.79 Å². The number of urea groups is 1. The molecule has 2 aliphatic rings. The summed E-state index contributed by atoms with van der Waals surface area (Å²) >= 11 is 0. The molecular weight excluding hydrogens is 526 g/mol. The topological polar surface area (TPSA) is 76.2 Å². The van der Waals surface area contributed by atoms with Gasteiger partial charge >= 0.3 is 6.03 Å². The molecule has 2 saturated heterocycles. The SMILES string of the molecule is C#CCN1CC(=O)N2[C@@H](c3ccccc3)C(=O)N(Cc3cccc4ccccc34)C[C@@H]2N1C(=O)NCc1ccccc1. The maximum atomic E-state index is 14.2. The number of carbonyl (C=O) groups is 3. The first-order valence-electron chi connectivity index (χ1n) is 14.0. The molecule has 210 valence electrons. The molecule has 42 heavy (non-hydrogen) atoms. The number of terminal acetylenes is 1. The van der Waals surface area contributed by atoms with Crippen LogP contribution in [0.1, 0.15) is 22.7 Å². The van der Waals surface area contributed by atoms with Crippen molar-refractivity contribution in [3.8, 4) is 12.3 Å². The molecular formula is C34H31N5O3. The van der Waals surface area contributed by atoms with Crippen molar-refractivity contribution in [1.29, 1.82) is 0 Å². The van der Waals surface area contributed by atoms with Crippen molar-refractivity contribution in [2.45, 2.75) is 25.3 Å². The highest BCUT2D eigenvalue weighted by molar-refractivity contribution is 5.93. The molecule has 8 heteroatoms. The predicted octanol–water partition coefficient (Wildman–Crippen LogP) is 4.15. The largest absolute Gasteiger partial charge is 0.334 e. The molecule has 2 aliphatic heterocycles. The zero-order chi connectivity index (χ0) is 29.1. The molecule has 0 aromatic heterocycles. The van der Waals surface area contributed by atoms with Crippen molar-refractivity contribution >= 4 is 28.6 Å². The molecule has 0 aliphatic carbocycles. The van der Waals surface area contributed by atoms with Crippen LogP contribution in [0.2, 0.25) is 0 Å². The quantitative estimate of drug-likeness (QED) is 0.362. The number of fused-ring (bicyclic) bond motifs is 2. The first-order valence-corrected chi connectivity index (χ1v) is 14.0. The summed E-state index contributed by atoms with van der Waals surface area (Å²) in [4.78, 5) is 45.1. The third kappa shape index (κ3) is 5.18. The van der Waals surface area contributed by atoms with Gasteiger partial charge in [-0.1, -0.05) is 109 Å². The molecule has 8 nitrogen and oxygen atoms in total. The molecule has 0 saturated carbocycles. The lowest BCUT2D eigenvalue weighted by molar-refractivity contribution is -0.190. The fourth-order valence-corrected chi connectivity index (χ4v) is 5.92. The van der Waals surface area contributed by atoms with Crippen LogP contribution in [-0.4, -0.2) is 63.5 Å². The normalized spacial score (nSPS) is 19.0. The number of rotatable bonds is 6. The number of hydrogen-bond donors (Lipinski definition) is 1. The van der Waals surface area contributed by atoms with Gasteiger partial charge in [0.1, 0.15) is 12.2 Å². The van der Waals surface area contributed by atoms with Gasteiger partial charge in [-0.3, -0.25) is 9.59 Å². The van der Waals surface area contributed by atoms with Gasteiger partial charge in [-0.05, 0) is 27.5 Å². The Labute approximate surface area is 245 Å². The highest BCUT2D eigenvalue weighted by atomic mass is 16.2. The first kappa shape index (κ1) is 27.1. The fourth-order valence-electron chi connectivity index (χ4n) is 5.92. The van der Waals surface area contributed by atoms with Gasteiger partial charge in [0.2, 0.25) is 5.91 Å². The summed E-state index contributed by atoms with van der Waals surface area (Å²) in [6.07, 6.45) is 4.93. The van der Waals surface area contributed by atoms with Gasteiger partial charge in [-0.15, -0.1) is 6.42 Å². The fraction of sp³-hybridized carbons (Fsp3) is 0.206. The number of hydrazine groups is 1. The van der Waals surface area contributed by atoms with Crippen molar-refractivity contribution in [2.24, 2.45) is 0 Å². The number of piperazine rings is 1. The van der Waals surface area contributed by atoms with Crippen molar-refractivity contribution in [1.82, 2.24) is 25.1 Å². The molecule has 2 atom stereocenters. The standard InChI is InChI=1S/C34H31N5O3/c1-2-20-37-24-31(40)38-30(39(37)34(42)35-21-25-12-5-3-6-13-25)23-36(33(41)32(38)27-15-7-4-8-16-27)22-28-18-11-17-26-14-9-10-19-29(26)28/h1,3-19,30,32H,20-24H2,(H,35,42)/t30-,32-/m0/s1. The van der Waals surface area contributed by atoms with Crippen molar-refractivity contribution in [3.05, 3.63) is 120 Å². The molecule has 0 spiro atoms. The van der Waals surface area contributed by atoms with Gasteiger partial charge < -0.3 is 15.1 Å². The number of amides is 4. The Balaban J connectivity index is 1.39. The molecule has 1 N–H and O–H groups in total. The number of benzene rings is 4. The zero-order valence-electron chi connectivity index (χ0n) is 23.1. The molecule has 4 aromatic rings. The molecule has 2 fully saturated rings. The van der Waals surface area contributed by atoms with Gasteiger partial charge in [0.15, 0.2) is 0 Å². The van der Waals surface area contributed by atoms with E-state index < -0.39 is 12.2 Å². The molecule has 4 amide bonds. The Hall–Kier alpha value is -5.13. The van der Waals surface area contributed by atoms with E-state index in [0.29, 0.717) is 18.7 Å². The van der Waals surface area contributed by atoms with Crippen LogP contribution in [0.3, 0.4) is 0 Å². The Morgan fingerprint density at radius 3 is 2.33 bits per heavy atom. The first-order chi connectivity index (χ1) is 20.5. The Bertz CT molecular complexity index is 1650. The second-order valence-corrected chi connectivity index (χ2v) is 10.5. The monoisotopic (exact) mass is 557 g/mol. The summed E-state index contributed by atoms with van der Waals surface area (Å²) in [7, 11) is 0. The highest BCUT2D eigenvalue weighted by Gasteiger charge is 2.51. The second kappa shape index (κ2) is 11.8. The molecule has 6 rings (SSSR count). The van der Waals surface area contributed by atoms with Gasteiger partial charge in [0, 0.05) is 13.1 Å². The van der Waals surface area contributed by atoms with Crippen molar-refractivity contribution in [2.75, 3.05) is 19.6 Å². The Morgan fingerprint density at radius 2 is 1.57 bits per heavy atom. The third-order valence-electron chi connectivity index (χ3n) is 7.85. The maximum absolute atomic E-state index is 14.2. The van der Waals surface area contributed by atoms with E-state index in [1.54, 1.807) is 14.8 Å². The lowest BCUT2D eigenvalue weighted by atomic mass is 9.97. The number of nitrogens with zero attached hydrogens (tertiary/aromatic N) is 4. The van der Waals surface area contributed by atoms with Crippen LogP contribution in [-0.2, 0) is 22.7 Å². The van der Waals surface area contributed by atoms with Crippen LogP contribution in [0.25, 0.3) is 10.8 Å². The van der Waals surface area contributed by atoms with Crippen LogP contribution in [0, 0.1) is 12.3 Å². The third-order valence-corrected chi connectivity index (χ3v) is 7.85. The van der Waals surface area contributed by atoms with Gasteiger partial charge in [0.25, 0.3) is 5.91 Å². The average Bonchev–Trinajstić information content (AvgIpc) is 3.02. The van der Waals surface area contributed by atoms with Crippen molar-refractivity contribution < 1.29 is 14.4 Å². The zero-order valence-corrected chi connectivity index (χ0v) is 23.1. The predicted molar refractivity (Wildman–Crippen MR) is 160 cm³/mol. The summed E-state index contributed by atoms with van der Waals surface area (Å²) in [6.45, 7) is 0.733. The number of nitrogens with one attached hydrogen (secondary N) is 1. The maximum Gasteiger partial charge on any atom is 0.334 e.